The lowest BCUT2D eigenvalue weighted by Crippen LogP contribution is -2.18. The molecule has 3 N–H and O–H groups in total. The van der Waals surface area contributed by atoms with Crippen molar-refractivity contribution in [3.05, 3.63) is 83.9 Å². The quantitative estimate of drug-likeness (QED) is 0.211. The highest BCUT2D eigenvalue weighted by Gasteiger charge is 2.36. The molecule has 9 nitrogen and oxygen atoms in total. The van der Waals surface area contributed by atoms with Crippen LogP contribution in [0, 0.1) is 5.82 Å². The van der Waals surface area contributed by atoms with Gasteiger partial charge >= 0.3 is 6.18 Å². The van der Waals surface area contributed by atoms with Crippen LogP contribution in [0.15, 0.2) is 71.3 Å². The molecule has 1 amide bonds. The third-order valence-corrected chi connectivity index (χ3v) is 6.00. The number of benzene rings is 3. The Balaban J connectivity index is 1.50. The number of fused-ring (bicyclic) bond motifs is 1. The van der Waals surface area contributed by atoms with Gasteiger partial charge in [-0.1, -0.05) is 29.4 Å². The highest BCUT2D eigenvalue weighted by molar-refractivity contribution is 6.04. The van der Waals surface area contributed by atoms with Gasteiger partial charge in [0.05, 0.1) is 29.6 Å². The smallest absolute Gasteiger partial charge is 0.380 e. The summed E-state index contributed by atoms with van der Waals surface area (Å²) in [6.45, 7) is 0. The summed E-state index contributed by atoms with van der Waals surface area (Å²) in [5.74, 6) is -1.79. The standard InChI is InChI=1S/C26H20F4N6O3/c1-35(38-2)20-6-4-3-5-16(20)14-7-9-19(18(27)11-14)32-25(37)21-13-23(26(28,29)30)33-36(21)15-8-10-22-17(12-15)24(31)34-39-22/h3-13H,1-2H3,(H2,31,34)(H,32,37). The van der Waals surface area contributed by atoms with E-state index in [1.807, 2.05) is 0 Å². The number of alkyl halides is 3. The Bertz CT molecular complexity index is 1700. The number of para-hydroxylation sites is 1. The Kier molecular flexibility index (Phi) is 6.44. The number of hydrogen-bond donors (Lipinski definition) is 2. The lowest BCUT2D eigenvalue weighted by Gasteiger charge is -2.20. The molecule has 0 atom stereocenters. The number of amides is 1. The van der Waals surface area contributed by atoms with Gasteiger partial charge in [-0.05, 0) is 42.0 Å². The van der Waals surface area contributed by atoms with Crippen molar-refractivity contribution in [3.63, 3.8) is 0 Å². The first-order valence-corrected chi connectivity index (χ1v) is 11.4. The molecular weight excluding hydrogens is 520 g/mol. The molecule has 0 bridgehead atoms. The summed E-state index contributed by atoms with van der Waals surface area (Å²) in [7, 11) is 3.18. The highest BCUT2D eigenvalue weighted by atomic mass is 19.4. The minimum atomic E-state index is -4.84. The first-order chi connectivity index (χ1) is 18.6. The lowest BCUT2D eigenvalue weighted by molar-refractivity contribution is -0.141. The molecule has 0 saturated carbocycles. The fourth-order valence-electron chi connectivity index (χ4n) is 4.02. The van der Waals surface area contributed by atoms with Gasteiger partial charge in [-0.3, -0.25) is 14.7 Å². The van der Waals surface area contributed by atoms with E-state index in [9.17, 15) is 18.0 Å². The van der Waals surface area contributed by atoms with Gasteiger partial charge in [0.25, 0.3) is 5.91 Å². The second-order valence-corrected chi connectivity index (χ2v) is 8.42. The van der Waals surface area contributed by atoms with Crippen LogP contribution in [0.5, 0.6) is 0 Å². The average Bonchev–Trinajstić information content (AvgIpc) is 3.53. The number of halogens is 4. The Morgan fingerprint density at radius 1 is 1.10 bits per heavy atom. The van der Waals surface area contributed by atoms with Crippen molar-refractivity contribution in [2.24, 2.45) is 0 Å². The minimum absolute atomic E-state index is 0.0153. The molecule has 3 aromatic carbocycles. The van der Waals surface area contributed by atoms with E-state index >= 15 is 4.39 Å². The van der Waals surface area contributed by atoms with Crippen LogP contribution >= 0.6 is 0 Å². The van der Waals surface area contributed by atoms with Crippen LogP contribution in [0.2, 0.25) is 0 Å². The fourth-order valence-corrected chi connectivity index (χ4v) is 4.02. The van der Waals surface area contributed by atoms with Crippen molar-refractivity contribution in [1.29, 1.82) is 0 Å². The maximum atomic E-state index is 15.1. The van der Waals surface area contributed by atoms with Crippen molar-refractivity contribution < 1.29 is 31.7 Å². The summed E-state index contributed by atoms with van der Waals surface area (Å²) in [6, 6.07) is 16.0. The van der Waals surface area contributed by atoms with E-state index in [0.717, 1.165) is 4.68 Å². The van der Waals surface area contributed by atoms with Crippen LogP contribution < -0.4 is 16.1 Å². The van der Waals surface area contributed by atoms with Gasteiger partial charge in [0.15, 0.2) is 17.1 Å². The maximum absolute atomic E-state index is 15.1. The molecule has 0 saturated heterocycles. The molecule has 0 radical (unpaired) electrons. The van der Waals surface area contributed by atoms with Crippen LogP contribution in [0.1, 0.15) is 16.2 Å². The number of aromatic nitrogens is 3. The summed E-state index contributed by atoms with van der Waals surface area (Å²) in [4.78, 5) is 18.4. The number of carbonyl (C=O) groups excluding carboxylic acids is 1. The number of nitrogens with one attached hydrogen (secondary N) is 1. The fraction of sp³-hybridized carbons (Fsp3) is 0.115. The predicted octanol–water partition coefficient (Wildman–Crippen LogP) is 5.67. The first kappa shape index (κ1) is 25.7. The zero-order chi connectivity index (χ0) is 27.9. The molecule has 5 rings (SSSR count). The van der Waals surface area contributed by atoms with Crippen LogP contribution in [0.25, 0.3) is 27.8 Å². The average molecular weight is 540 g/mol. The van der Waals surface area contributed by atoms with E-state index in [1.165, 1.54) is 42.5 Å². The summed E-state index contributed by atoms with van der Waals surface area (Å²) in [6.07, 6.45) is -4.84. The number of carbonyl (C=O) groups is 1. The van der Waals surface area contributed by atoms with Gasteiger partial charge in [0.1, 0.15) is 11.5 Å². The number of nitrogens with zero attached hydrogens (tertiary/aromatic N) is 4. The summed E-state index contributed by atoms with van der Waals surface area (Å²) in [5, 5.41) is 11.4. The first-order valence-electron chi connectivity index (χ1n) is 11.4. The Morgan fingerprint density at radius 3 is 2.59 bits per heavy atom. The molecule has 5 aromatic rings. The van der Waals surface area contributed by atoms with Gasteiger partial charge < -0.3 is 15.6 Å². The molecule has 0 fully saturated rings. The number of hydrogen-bond acceptors (Lipinski definition) is 7. The zero-order valence-electron chi connectivity index (χ0n) is 20.5. The van der Waals surface area contributed by atoms with E-state index in [-0.39, 0.29) is 17.2 Å². The van der Waals surface area contributed by atoms with Crippen molar-refractivity contribution in [3.8, 4) is 16.8 Å². The molecular formula is C26H20F4N6O3. The number of hydroxylamine groups is 1. The molecule has 0 aliphatic rings. The van der Waals surface area contributed by atoms with E-state index in [4.69, 9.17) is 15.1 Å². The van der Waals surface area contributed by atoms with E-state index in [1.54, 1.807) is 37.4 Å². The maximum Gasteiger partial charge on any atom is 0.435 e. The van der Waals surface area contributed by atoms with Crippen molar-refractivity contribution in [1.82, 2.24) is 14.9 Å². The van der Waals surface area contributed by atoms with Crippen LogP contribution in [0.3, 0.4) is 0 Å². The molecule has 2 heterocycles. The van der Waals surface area contributed by atoms with Gasteiger partial charge in [0.2, 0.25) is 0 Å². The van der Waals surface area contributed by atoms with Crippen LogP contribution in [0.4, 0.5) is 34.8 Å². The molecule has 0 aliphatic heterocycles. The highest BCUT2D eigenvalue weighted by Crippen LogP contribution is 2.34. The van der Waals surface area contributed by atoms with Crippen molar-refractivity contribution in [2.75, 3.05) is 30.3 Å². The number of rotatable bonds is 6. The molecule has 2 aromatic heterocycles. The Hall–Kier alpha value is -4.91. The zero-order valence-corrected chi connectivity index (χ0v) is 20.5. The second-order valence-electron chi connectivity index (χ2n) is 8.42. The molecule has 0 unspecified atom stereocenters. The topological polar surface area (TPSA) is 111 Å². The van der Waals surface area contributed by atoms with E-state index in [2.05, 4.69) is 15.6 Å². The molecule has 0 spiro atoms. The summed E-state index contributed by atoms with van der Waals surface area (Å²) < 4.78 is 61.5. The summed E-state index contributed by atoms with van der Waals surface area (Å²) in [5.41, 5.74) is 5.95. The van der Waals surface area contributed by atoms with Gasteiger partial charge in [-0.25, -0.2) is 9.07 Å². The molecule has 0 aliphatic carbocycles. The number of nitrogens with two attached hydrogens (primary N) is 1. The molecule has 13 heteroatoms. The van der Waals surface area contributed by atoms with Crippen molar-refractivity contribution >= 4 is 34.1 Å². The number of anilines is 3. The number of nitrogen functional groups attached to an aromatic ring is 1. The second kappa shape index (κ2) is 9.76. The van der Waals surface area contributed by atoms with Gasteiger partial charge in [0, 0.05) is 18.7 Å². The summed E-state index contributed by atoms with van der Waals surface area (Å²) >= 11 is 0. The van der Waals surface area contributed by atoms with Crippen molar-refractivity contribution in [2.45, 2.75) is 6.18 Å². The predicted molar refractivity (Wildman–Crippen MR) is 136 cm³/mol. The van der Waals surface area contributed by atoms with E-state index < -0.39 is 29.3 Å². The van der Waals surface area contributed by atoms with Gasteiger partial charge in [-0.15, -0.1) is 0 Å². The minimum Gasteiger partial charge on any atom is -0.380 e. The van der Waals surface area contributed by atoms with Gasteiger partial charge in [-0.2, -0.15) is 18.3 Å². The molecule has 200 valence electrons. The SMILES string of the molecule is CON(C)c1ccccc1-c1ccc(NC(=O)c2cc(C(F)(F)F)nn2-c2ccc3onc(N)c3c2)c(F)c1. The monoisotopic (exact) mass is 540 g/mol. The van der Waals surface area contributed by atoms with Crippen LogP contribution in [-0.4, -0.2) is 35.0 Å². The normalized spacial score (nSPS) is 11.6. The lowest BCUT2D eigenvalue weighted by atomic mass is 10.0. The Morgan fingerprint density at radius 2 is 1.87 bits per heavy atom. The largest absolute Gasteiger partial charge is 0.435 e. The van der Waals surface area contributed by atoms with E-state index in [0.29, 0.717) is 33.8 Å². The third-order valence-electron chi connectivity index (χ3n) is 6.00. The van der Waals surface area contributed by atoms with Crippen LogP contribution in [-0.2, 0) is 11.0 Å². The molecule has 39 heavy (non-hydrogen) atoms. The Labute approximate surface area is 218 Å². The third kappa shape index (κ3) is 4.86.